The van der Waals surface area contributed by atoms with Gasteiger partial charge in [0.05, 0.1) is 0 Å². The van der Waals surface area contributed by atoms with Gasteiger partial charge < -0.3 is 0 Å². The maximum Gasteiger partial charge on any atom is -0.0439 e. The van der Waals surface area contributed by atoms with Crippen LogP contribution in [0.25, 0.3) is 0 Å². The highest BCUT2D eigenvalue weighted by Crippen LogP contribution is 1.93. The lowest BCUT2D eigenvalue weighted by atomic mass is 10.2. The Balaban J connectivity index is -0.000000175. The highest BCUT2D eigenvalue weighted by Gasteiger charge is 1.71. The zero-order valence-corrected chi connectivity index (χ0v) is 10.2. The molecule has 0 saturated heterocycles. The first-order chi connectivity index (χ1) is 5.63. The van der Waals surface area contributed by atoms with Crippen LogP contribution < -0.4 is 0 Å². The van der Waals surface area contributed by atoms with Crippen molar-refractivity contribution in [2.45, 2.75) is 55.4 Å². The van der Waals surface area contributed by atoms with Crippen molar-refractivity contribution in [3.05, 3.63) is 23.3 Å². The number of allylic oxidation sites excluding steroid dienone is 4. The van der Waals surface area contributed by atoms with Crippen molar-refractivity contribution in [3.8, 4) is 0 Å². The van der Waals surface area contributed by atoms with Gasteiger partial charge in [-0.05, 0) is 27.7 Å². The van der Waals surface area contributed by atoms with Crippen molar-refractivity contribution in [3.63, 3.8) is 0 Å². The van der Waals surface area contributed by atoms with E-state index < -0.39 is 0 Å². The SMILES string of the molecule is CC.CC.CC(C)=CC=C(C)C. The molecule has 0 aromatic heterocycles. The van der Waals surface area contributed by atoms with E-state index in [1.807, 2.05) is 27.7 Å². The molecule has 0 aromatic rings. The van der Waals surface area contributed by atoms with Crippen LogP contribution in [0.15, 0.2) is 23.3 Å². The van der Waals surface area contributed by atoms with E-state index in [0.29, 0.717) is 0 Å². The van der Waals surface area contributed by atoms with Gasteiger partial charge in [0.2, 0.25) is 0 Å². The van der Waals surface area contributed by atoms with Crippen LogP contribution in [0.4, 0.5) is 0 Å². The summed E-state index contributed by atoms with van der Waals surface area (Å²) in [4.78, 5) is 0. The van der Waals surface area contributed by atoms with Gasteiger partial charge in [-0.15, -0.1) is 0 Å². The van der Waals surface area contributed by atoms with Crippen LogP contribution in [0.2, 0.25) is 0 Å². The van der Waals surface area contributed by atoms with Crippen molar-refractivity contribution in [2.75, 3.05) is 0 Å². The van der Waals surface area contributed by atoms with Gasteiger partial charge in [0.1, 0.15) is 0 Å². The van der Waals surface area contributed by atoms with Crippen molar-refractivity contribution < 1.29 is 0 Å². The fourth-order valence-corrected chi connectivity index (χ4v) is 0.333. The van der Waals surface area contributed by atoms with E-state index in [-0.39, 0.29) is 0 Å². The molecule has 0 aliphatic rings. The van der Waals surface area contributed by atoms with Crippen LogP contribution in [-0.4, -0.2) is 0 Å². The molecule has 74 valence electrons. The number of hydrogen-bond donors (Lipinski definition) is 0. The lowest BCUT2D eigenvalue weighted by Crippen LogP contribution is -1.62. The quantitative estimate of drug-likeness (QED) is 0.487. The van der Waals surface area contributed by atoms with Gasteiger partial charge in [0.25, 0.3) is 0 Å². The summed E-state index contributed by atoms with van der Waals surface area (Å²) in [7, 11) is 0. The average molecular weight is 170 g/mol. The standard InChI is InChI=1S/C8H14.2C2H6/c1-7(2)5-6-8(3)4;2*1-2/h5-6H,1-4H3;2*1-2H3. The second-order valence-corrected chi connectivity index (χ2v) is 2.49. The molecule has 0 bridgehead atoms. The molecule has 0 spiro atoms. The minimum absolute atomic E-state index is 1.35. The lowest BCUT2D eigenvalue weighted by Gasteiger charge is -1.84. The lowest BCUT2D eigenvalue weighted by molar-refractivity contribution is 1.35. The van der Waals surface area contributed by atoms with Crippen LogP contribution in [0.1, 0.15) is 55.4 Å². The Kier molecular flexibility index (Phi) is 24.6. The van der Waals surface area contributed by atoms with E-state index in [1.165, 1.54) is 11.1 Å². The number of hydrogen-bond acceptors (Lipinski definition) is 0. The van der Waals surface area contributed by atoms with Gasteiger partial charge in [-0.3, -0.25) is 0 Å². The van der Waals surface area contributed by atoms with E-state index in [1.54, 1.807) is 0 Å². The first kappa shape index (κ1) is 17.5. The predicted molar refractivity (Wildman–Crippen MR) is 61.6 cm³/mol. The molecule has 0 radical (unpaired) electrons. The molecule has 0 fully saturated rings. The van der Waals surface area contributed by atoms with E-state index in [9.17, 15) is 0 Å². The third kappa shape index (κ3) is 34.0. The molecule has 0 atom stereocenters. The summed E-state index contributed by atoms with van der Waals surface area (Å²) in [6.07, 6.45) is 4.24. The normalized spacial score (nSPS) is 6.33. The summed E-state index contributed by atoms with van der Waals surface area (Å²) < 4.78 is 0. The Labute approximate surface area is 79.4 Å². The molecule has 0 nitrogen and oxygen atoms in total. The molecule has 0 N–H and O–H groups in total. The smallest absolute Gasteiger partial charge is 0.0439 e. The molecule has 0 heteroatoms. The van der Waals surface area contributed by atoms with Crippen molar-refractivity contribution in [1.82, 2.24) is 0 Å². The summed E-state index contributed by atoms with van der Waals surface area (Å²) in [6.45, 7) is 16.4. The van der Waals surface area contributed by atoms with Crippen molar-refractivity contribution in [1.29, 1.82) is 0 Å². The first-order valence-corrected chi connectivity index (χ1v) is 4.91. The summed E-state index contributed by atoms with van der Waals surface area (Å²) >= 11 is 0. The molecule has 0 aromatic carbocycles. The predicted octanol–water partition coefficient (Wildman–Crippen LogP) is 4.97. The minimum atomic E-state index is 1.35. The topological polar surface area (TPSA) is 0 Å². The highest BCUT2D eigenvalue weighted by atomic mass is 13.8. The van der Waals surface area contributed by atoms with Crippen LogP contribution in [0, 0.1) is 0 Å². The van der Waals surface area contributed by atoms with Gasteiger partial charge in [0.15, 0.2) is 0 Å². The fraction of sp³-hybridized carbons (Fsp3) is 0.667. The largest absolute Gasteiger partial charge is 0.0764 e. The fourth-order valence-electron chi connectivity index (χ4n) is 0.333. The number of rotatable bonds is 1. The van der Waals surface area contributed by atoms with E-state index in [2.05, 4.69) is 39.8 Å². The first-order valence-electron chi connectivity index (χ1n) is 4.91. The van der Waals surface area contributed by atoms with Gasteiger partial charge in [-0.1, -0.05) is 51.0 Å². The summed E-state index contributed by atoms with van der Waals surface area (Å²) in [5.74, 6) is 0. The maximum absolute atomic E-state index is 2.12. The maximum atomic E-state index is 2.12. The molecule has 0 unspecified atom stereocenters. The van der Waals surface area contributed by atoms with Crippen LogP contribution in [0.5, 0.6) is 0 Å². The summed E-state index contributed by atoms with van der Waals surface area (Å²) in [5.41, 5.74) is 2.71. The van der Waals surface area contributed by atoms with Crippen LogP contribution >= 0.6 is 0 Å². The van der Waals surface area contributed by atoms with Crippen molar-refractivity contribution >= 4 is 0 Å². The third-order valence-corrected chi connectivity index (χ3v) is 0.750. The molecular weight excluding hydrogens is 144 g/mol. The zero-order valence-electron chi connectivity index (χ0n) is 10.2. The molecule has 12 heavy (non-hydrogen) atoms. The second-order valence-electron chi connectivity index (χ2n) is 2.49. The van der Waals surface area contributed by atoms with E-state index in [4.69, 9.17) is 0 Å². The molecule has 0 aliphatic heterocycles. The Morgan fingerprint density at radius 1 is 0.583 bits per heavy atom. The highest BCUT2D eigenvalue weighted by molar-refractivity contribution is 5.12. The van der Waals surface area contributed by atoms with Crippen LogP contribution in [0.3, 0.4) is 0 Å². The van der Waals surface area contributed by atoms with Crippen LogP contribution in [-0.2, 0) is 0 Å². The second kappa shape index (κ2) is 16.8. The Morgan fingerprint density at radius 2 is 0.750 bits per heavy atom. The van der Waals surface area contributed by atoms with Gasteiger partial charge in [-0.25, -0.2) is 0 Å². The summed E-state index contributed by atoms with van der Waals surface area (Å²) in [6, 6.07) is 0. The third-order valence-electron chi connectivity index (χ3n) is 0.750. The van der Waals surface area contributed by atoms with Gasteiger partial charge in [0, 0.05) is 0 Å². The molecule has 0 amide bonds. The Bertz CT molecular complexity index is 92.0. The Hall–Kier alpha value is -0.520. The van der Waals surface area contributed by atoms with Gasteiger partial charge in [-0.2, -0.15) is 0 Å². The van der Waals surface area contributed by atoms with E-state index in [0.717, 1.165) is 0 Å². The molecule has 0 heterocycles. The van der Waals surface area contributed by atoms with Crippen molar-refractivity contribution in [2.24, 2.45) is 0 Å². The Morgan fingerprint density at radius 3 is 0.833 bits per heavy atom. The zero-order chi connectivity index (χ0) is 10.6. The summed E-state index contributed by atoms with van der Waals surface area (Å²) in [5, 5.41) is 0. The molecule has 0 rings (SSSR count). The monoisotopic (exact) mass is 170 g/mol. The minimum Gasteiger partial charge on any atom is -0.0764 e. The molecule has 0 aliphatic carbocycles. The molecule has 0 saturated carbocycles. The average Bonchev–Trinajstić information content (AvgIpc) is 2.08. The molecular formula is C12H26. The van der Waals surface area contributed by atoms with Gasteiger partial charge >= 0.3 is 0 Å². The van der Waals surface area contributed by atoms with E-state index >= 15 is 0 Å².